The van der Waals surface area contributed by atoms with E-state index in [2.05, 4.69) is 5.32 Å². The molecule has 1 amide bonds. The van der Waals surface area contributed by atoms with Crippen LogP contribution in [0.5, 0.6) is 11.5 Å². The molecule has 184 valence electrons. The number of ether oxygens (including phenoxy) is 3. The molecule has 0 aromatic heterocycles. The van der Waals surface area contributed by atoms with Crippen molar-refractivity contribution in [1.82, 2.24) is 0 Å². The molecule has 1 fully saturated rings. The zero-order valence-corrected chi connectivity index (χ0v) is 18.6. The largest absolute Gasteiger partial charge is 0.493 e. The van der Waals surface area contributed by atoms with E-state index in [-0.39, 0.29) is 36.0 Å². The Labute approximate surface area is 193 Å². The highest BCUT2D eigenvalue weighted by Gasteiger charge is 2.32. The first-order valence-corrected chi connectivity index (χ1v) is 10.4. The lowest BCUT2D eigenvalue weighted by Crippen LogP contribution is -2.22. The maximum atomic E-state index is 13.3. The van der Waals surface area contributed by atoms with Gasteiger partial charge in [0.1, 0.15) is 12.2 Å². The van der Waals surface area contributed by atoms with Crippen LogP contribution in [0.3, 0.4) is 0 Å². The monoisotopic (exact) mass is 483 g/mol. The van der Waals surface area contributed by atoms with E-state index in [1.54, 1.807) is 0 Å². The lowest BCUT2D eigenvalue weighted by molar-refractivity contribution is -0.385. The molecule has 2 aromatic rings. The van der Waals surface area contributed by atoms with Crippen molar-refractivity contribution in [2.24, 2.45) is 0 Å². The number of rotatable bonds is 9. The van der Waals surface area contributed by atoms with Crippen LogP contribution in [-0.4, -0.2) is 51.4 Å². The Kier molecular flexibility index (Phi) is 7.82. The van der Waals surface area contributed by atoms with Gasteiger partial charge in [0.2, 0.25) is 0 Å². The topological polar surface area (TPSA) is 103 Å². The molecule has 34 heavy (non-hydrogen) atoms. The fourth-order valence-corrected chi connectivity index (χ4v) is 3.63. The molecule has 0 aliphatic carbocycles. The third-order valence-corrected chi connectivity index (χ3v) is 5.29. The summed E-state index contributed by atoms with van der Waals surface area (Å²) in [6.07, 6.45) is -2.90. The molecule has 0 radical (unpaired) electrons. The zero-order chi connectivity index (χ0) is 24.9. The fraction of sp³-hybridized carbons (Fsp3) is 0.409. The van der Waals surface area contributed by atoms with E-state index >= 15 is 0 Å². The molecule has 1 saturated heterocycles. The number of amides is 1. The summed E-state index contributed by atoms with van der Waals surface area (Å²) in [6, 6.07) is 5.24. The smallest absolute Gasteiger partial charge is 0.416 e. The molecule has 0 spiro atoms. The molecule has 0 atom stereocenters. The van der Waals surface area contributed by atoms with Gasteiger partial charge in [-0.05, 0) is 31.0 Å². The highest BCUT2D eigenvalue weighted by molar-refractivity contribution is 6.09. The van der Waals surface area contributed by atoms with Crippen molar-refractivity contribution in [2.75, 3.05) is 50.7 Å². The summed E-state index contributed by atoms with van der Waals surface area (Å²) in [5, 5.41) is 14.1. The van der Waals surface area contributed by atoms with Gasteiger partial charge in [0, 0.05) is 26.3 Å². The Morgan fingerprint density at radius 3 is 2.41 bits per heavy atom. The summed E-state index contributed by atoms with van der Waals surface area (Å²) in [6.45, 7) is 1.54. The highest BCUT2D eigenvalue weighted by Crippen LogP contribution is 2.38. The number of carbonyl (C=O) groups is 1. The Balaban J connectivity index is 2.00. The number of anilines is 2. The third kappa shape index (κ3) is 5.68. The molecule has 0 unspecified atom stereocenters. The molecule has 2 aromatic carbocycles. The molecule has 12 heteroatoms. The lowest BCUT2D eigenvalue weighted by Gasteiger charge is -2.23. The summed E-state index contributed by atoms with van der Waals surface area (Å²) < 4.78 is 55.5. The minimum absolute atomic E-state index is 0.0274. The quantitative estimate of drug-likeness (QED) is 0.318. The fourth-order valence-electron chi connectivity index (χ4n) is 3.63. The van der Waals surface area contributed by atoms with Gasteiger partial charge in [-0.2, -0.15) is 13.2 Å². The predicted octanol–water partition coefficient (Wildman–Crippen LogP) is 4.50. The molecule has 1 heterocycles. The number of halogens is 3. The molecule has 1 aliphatic heterocycles. The van der Waals surface area contributed by atoms with E-state index in [1.807, 2.05) is 4.90 Å². The Morgan fingerprint density at radius 2 is 1.82 bits per heavy atom. The minimum Gasteiger partial charge on any atom is -0.493 e. The molecule has 0 bridgehead atoms. The summed E-state index contributed by atoms with van der Waals surface area (Å²) >= 11 is 0. The number of nitrogens with one attached hydrogen (secondary N) is 1. The van der Waals surface area contributed by atoms with Crippen molar-refractivity contribution in [3.63, 3.8) is 0 Å². The second-order valence-corrected chi connectivity index (χ2v) is 7.50. The summed E-state index contributed by atoms with van der Waals surface area (Å²) in [7, 11) is 2.75. The van der Waals surface area contributed by atoms with E-state index in [0.717, 1.165) is 37.1 Å². The number of carbonyl (C=O) groups excluding carboxylic acids is 1. The zero-order valence-electron chi connectivity index (χ0n) is 18.6. The first kappa shape index (κ1) is 25.1. The van der Waals surface area contributed by atoms with Crippen LogP contribution in [0.1, 0.15) is 28.8 Å². The average molecular weight is 483 g/mol. The Morgan fingerprint density at radius 1 is 1.12 bits per heavy atom. The standard InChI is InChI=1S/C22H24F3N3O6/c1-32-9-10-34-20-13-18(28(30)31)15(12-19(20)33-2)21(29)26-16-11-14(22(23,24)25)5-6-17(16)27-7-3-4-8-27/h5-6,11-13H,3-4,7-10H2,1-2H3,(H,26,29). The van der Waals surface area contributed by atoms with Crippen LogP contribution in [0.25, 0.3) is 0 Å². The summed E-state index contributed by atoms with van der Waals surface area (Å²) in [5.74, 6) is -0.872. The van der Waals surface area contributed by atoms with E-state index in [9.17, 15) is 28.1 Å². The molecule has 3 rings (SSSR count). The molecular formula is C22H24F3N3O6. The number of nitrogens with zero attached hydrogens (tertiary/aromatic N) is 2. The maximum Gasteiger partial charge on any atom is 0.416 e. The lowest BCUT2D eigenvalue weighted by atomic mass is 10.1. The van der Waals surface area contributed by atoms with Crippen LogP contribution in [0.4, 0.5) is 30.2 Å². The van der Waals surface area contributed by atoms with Crippen molar-refractivity contribution in [3.05, 3.63) is 51.6 Å². The number of hydrogen-bond donors (Lipinski definition) is 1. The molecular weight excluding hydrogens is 459 g/mol. The van der Waals surface area contributed by atoms with Crippen molar-refractivity contribution in [2.45, 2.75) is 19.0 Å². The van der Waals surface area contributed by atoms with Crippen LogP contribution in [0.2, 0.25) is 0 Å². The Hall–Kier alpha value is -3.54. The van der Waals surface area contributed by atoms with Gasteiger partial charge in [-0.3, -0.25) is 14.9 Å². The molecule has 9 nitrogen and oxygen atoms in total. The molecule has 1 aliphatic rings. The van der Waals surface area contributed by atoms with E-state index in [4.69, 9.17) is 14.2 Å². The van der Waals surface area contributed by atoms with Crippen LogP contribution in [0, 0.1) is 10.1 Å². The first-order valence-electron chi connectivity index (χ1n) is 10.4. The van der Waals surface area contributed by atoms with Crippen molar-refractivity contribution in [3.8, 4) is 11.5 Å². The van der Waals surface area contributed by atoms with Gasteiger partial charge in [-0.25, -0.2) is 0 Å². The van der Waals surface area contributed by atoms with Crippen LogP contribution in [-0.2, 0) is 10.9 Å². The normalized spacial score (nSPS) is 13.6. The maximum absolute atomic E-state index is 13.3. The van der Waals surface area contributed by atoms with Crippen molar-refractivity contribution < 1.29 is 37.1 Å². The van der Waals surface area contributed by atoms with Crippen LogP contribution in [0.15, 0.2) is 30.3 Å². The summed E-state index contributed by atoms with van der Waals surface area (Å²) in [4.78, 5) is 25.8. The van der Waals surface area contributed by atoms with Crippen LogP contribution < -0.4 is 19.7 Å². The summed E-state index contributed by atoms with van der Waals surface area (Å²) in [5.41, 5.74) is -1.59. The average Bonchev–Trinajstić information content (AvgIpc) is 3.32. The number of methoxy groups -OCH3 is 2. The van der Waals surface area contributed by atoms with Gasteiger partial charge in [-0.1, -0.05) is 0 Å². The van der Waals surface area contributed by atoms with Crippen LogP contribution >= 0.6 is 0 Å². The van der Waals surface area contributed by atoms with E-state index in [1.165, 1.54) is 20.3 Å². The van der Waals surface area contributed by atoms with Crippen molar-refractivity contribution in [1.29, 1.82) is 0 Å². The third-order valence-electron chi connectivity index (χ3n) is 5.29. The number of alkyl halides is 3. The Bertz CT molecular complexity index is 1050. The molecule has 1 N–H and O–H groups in total. The number of hydrogen-bond acceptors (Lipinski definition) is 7. The van der Waals surface area contributed by atoms with E-state index < -0.39 is 28.3 Å². The second kappa shape index (κ2) is 10.6. The number of benzene rings is 2. The van der Waals surface area contributed by atoms with Gasteiger partial charge in [0.05, 0.1) is 41.6 Å². The molecule has 0 saturated carbocycles. The first-order chi connectivity index (χ1) is 16.2. The SMILES string of the molecule is COCCOc1cc([N+](=O)[O-])c(C(=O)Nc2cc(C(F)(F)F)ccc2N2CCCC2)cc1OC. The van der Waals surface area contributed by atoms with Gasteiger partial charge in [0.25, 0.3) is 11.6 Å². The van der Waals surface area contributed by atoms with Gasteiger partial charge in [0.15, 0.2) is 11.5 Å². The highest BCUT2D eigenvalue weighted by atomic mass is 19.4. The predicted molar refractivity (Wildman–Crippen MR) is 118 cm³/mol. The number of nitro benzene ring substituents is 1. The number of nitro groups is 1. The van der Waals surface area contributed by atoms with Gasteiger partial charge >= 0.3 is 6.18 Å². The van der Waals surface area contributed by atoms with Gasteiger partial charge < -0.3 is 24.4 Å². The minimum atomic E-state index is -4.63. The second-order valence-electron chi connectivity index (χ2n) is 7.50. The van der Waals surface area contributed by atoms with Gasteiger partial charge in [-0.15, -0.1) is 0 Å². The van der Waals surface area contributed by atoms with Crippen molar-refractivity contribution >= 4 is 23.0 Å². The van der Waals surface area contributed by atoms with E-state index in [0.29, 0.717) is 18.8 Å².